The second kappa shape index (κ2) is 6.62. The van der Waals surface area contributed by atoms with Crippen molar-refractivity contribution in [1.29, 1.82) is 0 Å². The minimum atomic E-state index is -0.201. The zero-order chi connectivity index (χ0) is 15.4. The zero-order valence-corrected chi connectivity index (χ0v) is 12.8. The van der Waals surface area contributed by atoms with E-state index in [0.717, 1.165) is 11.3 Å². The van der Waals surface area contributed by atoms with Crippen molar-refractivity contribution in [3.63, 3.8) is 0 Å². The van der Waals surface area contributed by atoms with Crippen molar-refractivity contribution < 1.29 is 4.39 Å². The van der Waals surface area contributed by atoms with Crippen molar-refractivity contribution in [1.82, 2.24) is 15.2 Å². The van der Waals surface area contributed by atoms with Crippen molar-refractivity contribution in [3.05, 3.63) is 65.5 Å². The summed E-state index contributed by atoms with van der Waals surface area (Å²) in [4.78, 5) is 4.34. The molecule has 22 heavy (non-hydrogen) atoms. The smallest absolute Gasteiger partial charge is 0.247 e. The number of H-pyrrole nitrogens is 1. The lowest BCUT2D eigenvalue weighted by molar-refractivity contribution is 0.617. The molecule has 0 atom stereocenters. The van der Waals surface area contributed by atoms with Gasteiger partial charge in [-0.15, -0.1) is 5.10 Å². The number of nitrogens with zero attached hydrogens (tertiary/aromatic N) is 2. The van der Waals surface area contributed by atoms with Crippen LogP contribution in [0, 0.1) is 12.7 Å². The third-order valence-corrected chi connectivity index (χ3v) is 3.97. The lowest BCUT2D eigenvalue weighted by Crippen LogP contribution is -1.92. The largest absolute Gasteiger partial charge is 0.323 e. The molecule has 0 fully saturated rings. The molecule has 3 rings (SSSR count). The highest BCUT2D eigenvalue weighted by Gasteiger charge is 2.06. The highest BCUT2D eigenvalue weighted by molar-refractivity contribution is 7.98. The number of anilines is 2. The molecule has 0 aliphatic rings. The lowest BCUT2D eigenvalue weighted by Gasteiger charge is -2.02. The molecule has 2 N–H and O–H groups in total. The van der Waals surface area contributed by atoms with Crippen molar-refractivity contribution in [2.45, 2.75) is 17.8 Å². The second-order valence-corrected chi connectivity index (χ2v) is 5.80. The van der Waals surface area contributed by atoms with Gasteiger partial charge in [0.25, 0.3) is 0 Å². The Bertz CT molecular complexity index is 772. The Balaban J connectivity index is 1.63. The Hall–Kier alpha value is -2.34. The average Bonchev–Trinajstić information content (AvgIpc) is 2.94. The SMILES string of the molecule is Cc1cccc(Nc2n[nH]c(SCc3ccccc3F)n2)c1. The number of halogens is 1. The van der Waals surface area contributed by atoms with Gasteiger partial charge in [-0.3, -0.25) is 5.10 Å². The van der Waals surface area contributed by atoms with Crippen molar-refractivity contribution >= 4 is 23.4 Å². The van der Waals surface area contributed by atoms with E-state index in [-0.39, 0.29) is 5.82 Å². The average molecular weight is 314 g/mol. The van der Waals surface area contributed by atoms with Gasteiger partial charge in [-0.05, 0) is 36.2 Å². The van der Waals surface area contributed by atoms with Gasteiger partial charge in [-0.25, -0.2) is 4.39 Å². The van der Waals surface area contributed by atoms with Crippen LogP contribution in [0.3, 0.4) is 0 Å². The summed E-state index contributed by atoms with van der Waals surface area (Å²) in [5.74, 6) is 0.806. The van der Waals surface area contributed by atoms with Gasteiger partial charge in [0, 0.05) is 11.4 Å². The summed E-state index contributed by atoms with van der Waals surface area (Å²) in [5.41, 5.74) is 2.75. The number of rotatable bonds is 5. The molecule has 0 spiro atoms. The zero-order valence-electron chi connectivity index (χ0n) is 12.0. The monoisotopic (exact) mass is 314 g/mol. The first-order valence-corrected chi connectivity index (χ1v) is 7.81. The fourth-order valence-corrected chi connectivity index (χ4v) is 2.77. The van der Waals surface area contributed by atoms with Gasteiger partial charge in [0.2, 0.25) is 5.95 Å². The highest BCUT2D eigenvalue weighted by Crippen LogP contribution is 2.22. The number of benzene rings is 2. The quantitative estimate of drug-likeness (QED) is 0.690. The molecule has 1 aromatic heterocycles. The van der Waals surface area contributed by atoms with Crippen LogP contribution in [0.5, 0.6) is 0 Å². The third-order valence-electron chi connectivity index (χ3n) is 3.06. The first-order chi connectivity index (χ1) is 10.7. The molecule has 0 saturated heterocycles. The molecule has 0 bridgehead atoms. The molecule has 6 heteroatoms. The van der Waals surface area contributed by atoms with E-state index in [1.54, 1.807) is 12.1 Å². The molecule has 4 nitrogen and oxygen atoms in total. The van der Waals surface area contributed by atoms with E-state index < -0.39 is 0 Å². The molecule has 0 aliphatic carbocycles. The maximum Gasteiger partial charge on any atom is 0.247 e. The minimum absolute atomic E-state index is 0.201. The Morgan fingerprint density at radius 1 is 1.18 bits per heavy atom. The van der Waals surface area contributed by atoms with E-state index in [4.69, 9.17) is 0 Å². The van der Waals surface area contributed by atoms with E-state index in [1.165, 1.54) is 17.8 Å². The first kappa shape index (κ1) is 14.6. The van der Waals surface area contributed by atoms with E-state index in [1.807, 2.05) is 37.3 Å². The van der Waals surface area contributed by atoms with E-state index in [2.05, 4.69) is 20.5 Å². The summed E-state index contributed by atoms with van der Waals surface area (Å²) in [6, 6.07) is 14.7. The van der Waals surface area contributed by atoms with Crippen LogP contribution < -0.4 is 5.32 Å². The van der Waals surface area contributed by atoms with Crippen LogP contribution >= 0.6 is 11.8 Å². The lowest BCUT2D eigenvalue weighted by atomic mass is 10.2. The summed E-state index contributed by atoms with van der Waals surface area (Å²) in [6.07, 6.45) is 0. The number of aromatic amines is 1. The third kappa shape index (κ3) is 3.65. The van der Waals surface area contributed by atoms with Gasteiger partial charge in [0.05, 0.1) is 0 Å². The number of aromatic nitrogens is 3. The Kier molecular flexibility index (Phi) is 4.39. The highest BCUT2D eigenvalue weighted by atomic mass is 32.2. The molecule has 0 unspecified atom stereocenters. The van der Waals surface area contributed by atoms with Crippen LogP contribution in [0.4, 0.5) is 16.0 Å². The Morgan fingerprint density at radius 3 is 2.86 bits per heavy atom. The van der Waals surface area contributed by atoms with Gasteiger partial charge in [0.1, 0.15) is 5.82 Å². The van der Waals surface area contributed by atoms with E-state index >= 15 is 0 Å². The predicted molar refractivity (Wildman–Crippen MR) is 86.8 cm³/mol. The van der Waals surface area contributed by atoms with E-state index in [0.29, 0.717) is 22.4 Å². The fraction of sp³-hybridized carbons (Fsp3) is 0.125. The number of hydrogen-bond donors (Lipinski definition) is 2. The molecule has 0 saturated carbocycles. The number of hydrogen-bond acceptors (Lipinski definition) is 4. The molecular weight excluding hydrogens is 299 g/mol. The molecule has 3 aromatic rings. The predicted octanol–water partition coefficient (Wildman–Crippen LogP) is 4.29. The fourth-order valence-electron chi connectivity index (χ4n) is 1.98. The van der Waals surface area contributed by atoms with Gasteiger partial charge in [-0.1, -0.05) is 42.1 Å². The van der Waals surface area contributed by atoms with Gasteiger partial charge < -0.3 is 5.32 Å². The number of nitrogens with one attached hydrogen (secondary N) is 2. The van der Waals surface area contributed by atoms with Crippen molar-refractivity contribution in [2.75, 3.05) is 5.32 Å². The second-order valence-electron chi connectivity index (χ2n) is 4.84. The van der Waals surface area contributed by atoms with Crippen LogP contribution in [-0.2, 0) is 5.75 Å². The Morgan fingerprint density at radius 2 is 2.05 bits per heavy atom. The molecule has 2 aromatic carbocycles. The molecule has 112 valence electrons. The van der Waals surface area contributed by atoms with Gasteiger partial charge >= 0.3 is 0 Å². The van der Waals surface area contributed by atoms with Gasteiger partial charge in [-0.2, -0.15) is 4.98 Å². The van der Waals surface area contributed by atoms with Crippen LogP contribution in [0.1, 0.15) is 11.1 Å². The summed E-state index contributed by atoms with van der Waals surface area (Å²) in [7, 11) is 0. The molecule has 0 aliphatic heterocycles. The molecule has 0 amide bonds. The topological polar surface area (TPSA) is 53.6 Å². The maximum atomic E-state index is 13.6. The number of aryl methyl sites for hydroxylation is 1. The van der Waals surface area contributed by atoms with Crippen LogP contribution in [0.25, 0.3) is 0 Å². The standard InChI is InChI=1S/C16H15FN4S/c1-11-5-4-7-13(9-11)18-15-19-16(21-20-15)22-10-12-6-2-3-8-14(12)17/h2-9H,10H2,1H3,(H2,18,19,20,21). The summed E-state index contributed by atoms with van der Waals surface area (Å²) < 4.78 is 13.6. The molecular formula is C16H15FN4S. The van der Waals surface area contributed by atoms with E-state index in [9.17, 15) is 4.39 Å². The Labute approximate surface area is 132 Å². The number of thioether (sulfide) groups is 1. The van der Waals surface area contributed by atoms with Gasteiger partial charge in [0.15, 0.2) is 5.16 Å². The first-order valence-electron chi connectivity index (χ1n) is 6.83. The molecule has 0 radical (unpaired) electrons. The summed E-state index contributed by atoms with van der Waals surface area (Å²) in [5, 5.41) is 10.7. The summed E-state index contributed by atoms with van der Waals surface area (Å²) >= 11 is 1.41. The van der Waals surface area contributed by atoms with Crippen LogP contribution in [0.15, 0.2) is 53.7 Å². The van der Waals surface area contributed by atoms with Crippen LogP contribution in [-0.4, -0.2) is 15.2 Å². The normalized spacial score (nSPS) is 10.6. The molecule has 1 heterocycles. The van der Waals surface area contributed by atoms with Crippen LogP contribution in [0.2, 0.25) is 0 Å². The summed E-state index contributed by atoms with van der Waals surface area (Å²) in [6.45, 7) is 2.03. The maximum absolute atomic E-state index is 13.6. The minimum Gasteiger partial charge on any atom is -0.323 e. The van der Waals surface area contributed by atoms with Crippen molar-refractivity contribution in [3.8, 4) is 0 Å². The van der Waals surface area contributed by atoms with Crippen molar-refractivity contribution in [2.24, 2.45) is 0 Å².